The van der Waals surface area contributed by atoms with Gasteiger partial charge < -0.3 is 4.74 Å². The zero-order valence-corrected chi connectivity index (χ0v) is 15.6. The first-order valence-corrected chi connectivity index (χ1v) is 8.95. The second kappa shape index (κ2) is 7.06. The van der Waals surface area contributed by atoms with Crippen molar-refractivity contribution in [2.24, 2.45) is 7.05 Å². The highest BCUT2D eigenvalue weighted by atomic mass is 35.5. The number of benzene rings is 1. The van der Waals surface area contributed by atoms with Gasteiger partial charge in [-0.15, -0.1) is 5.10 Å². The third kappa shape index (κ3) is 3.57. The van der Waals surface area contributed by atoms with Gasteiger partial charge in [0.1, 0.15) is 16.4 Å². The van der Waals surface area contributed by atoms with Gasteiger partial charge in [-0.05, 0) is 23.9 Å². The van der Waals surface area contributed by atoms with Gasteiger partial charge in [0.05, 0.1) is 17.4 Å². The maximum atomic E-state index is 6.47. The molecule has 0 atom stereocenters. The lowest BCUT2D eigenvalue weighted by molar-refractivity contribution is 0.453. The van der Waals surface area contributed by atoms with Gasteiger partial charge in [-0.3, -0.25) is 4.68 Å². The lowest BCUT2D eigenvalue weighted by Crippen LogP contribution is -1.93. The second-order valence-corrected chi connectivity index (χ2v) is 6.93. The van der Waals surface area contributed by atoms with Crippen LogP contribution < -0.4 is 4.74 Å². The second-order valence-electron chi connectivity index (χ2n) is 5.15. The van der Waals surface area contributed by atoms with Crippen molar-refractivity contribution in [3.8, 4) is 11.6 Å². The summed E-state index contributed by atoms with van der Waals surface area (Å²) in [6, 6.07) is 7.23. The average molecular weight is 405 g/mol. The van der Waals surface area contributed by atoms with Crippen molar-refractivity contribution in [3.63, 3.8) is 0 Å². The number of aromatic nitrogens is 6. The molecule has 3 aromatic heterocycles. The minimum absolute atomic E-state index is 0.295. The quantitative estimate of drug-likeness (QED) is 0.466. The highest BCUT2D eigenvalue weighted by molar-refractivity contribution is 7.99. The molecule has 0 aliphatic carbocycles. The molecule has 0 fully saturated rings. The van der Waals surface area contributed by atoms with Gasteiger partial charge in [-0.1, -0.05) is 29.3 Å². The Balaban J connectivity index is 1.62. The topological polar surface area (TPSA) is 78.6 Å². The number of hydrogen-bond donors (Lipinski definition) is 0. The molecule has 3 heterocycles. The zero-order chi connectivity index (χ0) is 18.1. The van der Waals surface area contributed by atoms with E-state index in [4.69, 9.17) is 27.9 Å². The molecule has 0 N–H and O–H groups in total. The summed E-state index contributed by atoms with van der Waals surface area (Å²) in [5.74, 6) is 0.966. The predicted molar refractivity (Wildman–Crippen MR) is 99.0 cm³/mol. The number of fused-ring (bicyclic) bond motifs is 1. The lowest BCUT2D eigenvalue weighted by Gasteiger charge is -2.08. The smallest absolute Gasteiger partial charge is 0.238 e. The van der Waals surface area contributed by atoms with E-state index in [1.165, 1.54) is 18.0 Å². The Labute approximate surface area is 162 Å². The number of halogens is 2. The fourth-order valence-electron chi connectivity index (χ4n) is 2.14. The third-order valence-corrected chi connectivity index (χ3v) is 4.90. The molecule has 1 aromatic carbocycles. The molecule has 0 saturated heterocycles. The minimum Gasteiger partial charge on any atom is -0.436 e. The van der Waals surface area contributed by atoms with Crippen molar-refractivity contribution in [2.45, 2.75) is 10.1 Å². The maximum absolute atomic E-state index is 6.47. The highest BCUT2D eigenvalue weighted by Gasteiger charge is 2.13. The molecule has 0 saturated carbocycles. The molecule has 0 spiro atoms. The van der Waals surface area contributed by atoms with Crippen LogP contribution in [-0.4, -0.2) is 29.7 Å². The van der Waals surface area contributed by atoms with Crippen molar-refractivity contribution in [1.29, 1.82) is 0 Å². The molecule has 0 radical (unpaired) electrons. The van der Waals surface area contributed by atoms with E-state index in [-0.39, 0.29) is 0 Å². The summed E-state index contributed by atoms with van der Waals surface area (Å²) in [6.07, 6.45) is 4.81. The Hall–Kier alpha value is -2.42. The van der Waals surface area contributed by atoms with Crippen molar-refractivity contribution in [1.82, 2.24) is 29.7 Å². The summed E-state index contributed by atoms with van der Waals surface area (Å²) in [5, 5.41) is 5.42. The Bertz CT molecular complexity index is 1100. The molecular weight excluding hydrogens is 395 g/mol. The molecule has 130 valence electrons. The van der Waals surface area contributed by atoms with Gasteiger partial charge in [0.2, 0.25) is 5.88 Å². The van der Waals surface area contributed by atoms with Crippen LogP contribution in [0.2, 0.25) is 10.2 Å². The summed E-state index contributed by atoms with van der Waals surface area (Å²) in [6.45, 7) is 0. The minimum atomic E-state index is 0.295. The maximum Gasteiger partial charge on any atom is 0.238 e. The van der Waals surface area contributed by atoms with E-state index in [0.29, 0.717) is 38.1 Å². The summed E-state index contributed by atoms with van der Waals surface area (Å²) in [4.78, 5) is 17.7. The number of aryl methyl sites for hydroxylation is 1. The molecule has 0 aliphatic rings. The van der Waals surface area contributed by atoms with Crippen molar-refractivity contribution >= 4 is 46.1 Å². The molecular formula is C16H10Cl2N6OS. The molecule has 0 unspecified atom stereocenters. The fraction of sp³-hybridized carbons (Fsp3) is 0.0625. The van der Waals surface area contributed by atoms with Crippen LogP contribution in [-0.2, 0) is 7.05 Å². The van der Waals surface area contributed by atoms with Crippen LogP contribution in [0.4, 0.5) is 0 Å². The lowest BCUT2D eigenvalue weighted by atomic mass is 10.3. The van der Waals surface area contributed by atoms with Crippen molar-refractivity contribution < 1.29 is 4.74 Å². The van der Waals surface area contributed by atoms with Crippen LogP contribution in [0.25, 0.3) is 11.2 Å². The van der Waals surface area contributed by atoms with Gasteiger partial charge in [-0.2, -0.15) is 0 Å². The average Bonchev–Trinajstić information content (AvgIpc) is 3.03. The Kier molecular flexibility index (Phi) is 4.62. The van der Waals surface area contributed by atoms with Crippen LogP contribution >= 0.6 is 35.0 Å². The van der Waals surface area contributed by atoms with Crippen molar-refractivity contribution in [3.05, 3.63) is 53.0 Å². The van der Waals surface area contributed by atoms with Crippen LogP contribution in [0.3, 0.4) is 0 Å². The summed E-state index contributed by atoms with van der Waals surface area (Å²) in [7, 11) is 1.81. The van der Waals surface area contributed by atoms with Gasteiger partial charge in [0.25, 0.3) is 0 Å². The van der Waals surface area contributed by atoms with E-state index >= 15 is 0 Å². The largest absolute Gasteiger partial charge is 0.436 e. The highest BCUT2D eigenvalue weighted by Crippen LogP contribution is 2.38. The Morgan fingerprint density at radius 3 is 2.77 bits per heavy atom. The number of hydrogen-bond acceptors (Lipinski definition) is 7. The van der Waals surface area contributed by atoms with E-state index in [9.17, 15) is 0 Å². The normalized spacial score (nSPS) is 11.0. The van der Waals surface area contributed by atoms with Gasteiger partial charge in [0.15, 0.2) is 10.8 Å². The standard InChI is InChI=1S/C16H10Cl2N6OS/c1-24-6-5-13(23-24)25-10-3-2-4-11(14(10)18)26-16-20-7-9-15(22-16)19-8-12(17)21-9/h2-8H,1H3. The molecule has 4 aromatic rings. The first kappa shape index (κ1) is 17.0. The zero-order valence-electron chi connectivity index (χ0n) is 13.3. The Morgan fingerprint density at radius 2 is 1.96 bits per heavy atom. The summed E-state index contributed by atoms with van der Waals surface area (Å²) in [5.41, 5.74) is 0.990. The molecule has 26 heavy (non-hydrogen) atoms. The van der Waals surface area contributed by atoms with E-state index in [1.807, 2.05) is 19.2 Å². The first-order chi connectivity index (χ1) is 12.6. The molecule has 4 rings (SSSR count). The molecule has 7 nitrogen and oxygen atoms in total. The van der Waals surface area contributed by atoms with Gasteiger partial charge in [0, 0.05) is 24.2 Å². The van der Waals surface area contributed by atoms with Gasteiger partial charge in [-0.25, -0.2) is 19.9 Å². The number of rotatable bonds is 4. The first-order valence-electron chi connectivity index (χ1n) is 7.37. The monoisotopic (exact) mass is 404 g/mol. The van der Waals surface area contributed by atoms with Crippen molar-refractivity contribution in [2.75, 3.05) is 0 Å². The summed E-state index contributed by atoms with van der Waals surface area (Å²) >= 11 is 13.6. The molecule has 0 amide bonds. The number of nitrogens with zero attached hydrogens (tertiary/aromatic N) is 6. The fourth-order valence-corrected chi connectivity index (χ4v) is 3.33. The van der Waals surface area contributed by atoms with Crippen LogP contribution in [0.15, 0.2) is 52.9 Å². The molecule has 0 bridgehead atoms. The van der Waals surface area contributed by atoms with E-state index in [0.717, 1.165) is 4.90 Å². The third-order valence-electron chi connectivity index (χ3n) is 3.28. The summed E-state index contributed by atoms with van der Waals surface area (Å²) < 4.78 is 7.39. The predicted octanol–water partition coefficient (Wildman–Crippen LogP) is 4.40. The van der Waals surface area contributed by atoms with Crippen LogP contribution in [0.5, 0.6) is 11.6 Å². The van der Waals surface area contributed by atoms with E-state index in [1.54, 1.807) is 29.2 Å². The SMILES string of the molecule is Cn1ccc(Oc2cccc(Sc3ncc4nc(Cl)cnc4n3)c2Cl)n1. The van der Waals surface area contributed by atoms with E-state index < -0.39 is 0 Å². The van der Waals surface area contributed by atoms with Gasteiger partial charge >= 0.3 is 0 Å². The van der Waals surface area contributed by atoms with Crippen LogP contribution in [0.1, 0.15) is 0 Å². The Morgan fingerprint density at radius 1 is 1.08 bits per heavy atom. The van der Waals surface area contributed by atoms with E-state index in [2.05, 4.69) is 25.0 Å². The molecule has 10 heteroatoms. The van der Waals surface area contributed by atoms with Crippen LogP contribution in [0, 0.1) is 0 Å². The number of ether oxygens (including phenoxy) is 1. The molecule has 0 aliphatic heterocycles.